The van der Waals surface area contributed by atoms with Crippen molar-refractivity contribution in [1.29, 1.82) is 0 Å². The highest BCUT2D eigenvalue weighted by Gasteiger charge is 2.33. The number of hydrogen-bond donors (Lipinski definition) is 6. The highest BCUT2D eigenvalue weighted by molar-refractivity contribution is 5.72. The zero-order chi connectivity index (χ0) is 14.2. The van der Waals surface area contributed by atoms with Crippen molar-refractivity contribution in [3.63, 3.8) is 0 Å². The molecule has 0 rings (SSSR count). The molecule has 0 aliphatic rings. The molecule has 0 aromatic carbocycles. The third-order valence-corrected chi connectivity index (χ3v) is 1.51. The summed E-state index contributed by atoms with van der Waals surface area (Å²) in [6, 6.07) is 0. The minimum atomic E-state index is -2.20. The summed E-state index contributed by atoms with van der Waals surface area (Å²) < 4.78 is 0. The molecule has 8 nitrogen and oxygen atoms in total. The largest absolute Gasteiger partial charge is 0.479 e. The third-order valence-electron chi connectivity index (χ3n) is 1.51. The average Bonchev–Trinajstić information content (AvgIpc) is 2.23. The van der Waals surface area contributed by atoms with Crippen molar-refractivity contribution in [2.75, 3.05) is 27.7 Å². The molecule has 4 unspecified atom stereocenters. The number of carboxylic acids is 1. The van der Waals surface area contributed by atoms with Crippen molar-refractivity contribution in [2.45, 2.75) is 24.4 Å². The van der Waals surface area contributed by atoms with E-state index in [-0.39, 0.29) is 0 Å². The Kier molecular flexibility index (Phi) is 10.1. The molecule has 0 fully saturated rings. The van der Waals surface area contributed by atoms with E-state index in [0.717, 1.165) is 0 Å². The third kappa shape index (κ3) is 8.98. The van der Waals surface area contributed by atoms with Gasteiger partial charge in [0.05, 0.1) is 6.61 Å². The maximum atomic E-state index is 10.1. The topological polar surface area (TPSA) is 142 Å². The second kappa shape index (κ2) is 9.28. The molecule has 0 bridgehead atoms. The molecule has 0 aromatic heterocycles. The predicted octanol–water partition coefficient (Wildman–Crippen LogP) is -3.32. The lowest BCUT2D eigenvalue weighted by Crippen LogP contribution is -2.48. The van der Waals surface area contributed by atoms with Gasteiger partial charge < -0.3 is 35.5 Å². The Labute approximate surface area is 99.4 Å². The van der Waals surface area contributed by atoms with E-state index in [1.54, 1.807) is 0 Å². The van der Waals surface area contributed by atoms with Crippen LogP contribution in [-0.2, 0) is 4.79 Å². The van der Waals surface area contributed by atoms with Crippen LogP contribution in [0.5, 0.6) is 0 Å². The van der Waals surface area contributed by atoms with Crippen LogP contribution in [0.3, 0.4) is 0 Å². The van der Waals surface area contributed by atoms with Gasteiger partial charge in [0.25, 0.3) is 0 Å². The van der Waals surface area contributed by atoms with Crippen molar-refractivity contribution in [2.24, 2.45) is 0 Å². The lowest BCUT2D eigenvalue weighted by atomic mass is 10.0. The molecule has 0 amide bonds. The van der Waals surface area contributed by atoms with Crippen molar-refractivity contribution in [3.05, 3.63) is 0 Å². The molecule has 0 heterocycles. The molecular weight excluding hydrogens is 234 g/mol. The summed E-state index contributed by atoms with van der Waals surface area (Å²) in [5.74, 6) is -1.73. The molecule has 0 aromatic rings. The van der Waals surface area contributed by atoms with Crippen molar-refractivity contribution >= 4 is 5.97 Å². The van der Waals surface area contributed by atoms with Crippen LogP contribution in [0, 0.1) is 0 Å². The molecule has 0 spiro atoms. The molecule has 6 N–H and O–H groups in total. The summed E-state index contributed by atoms with van der Waals surface area (Å²) in [6.45, 7) is -0.843. The maximum absolute atomic E-state index is 10.1. The fraction of sp³-hybridized carbons (Fsp3) is 0.889. The van der Waals surface area contributed by atoms with E-state index < -0.39 is 37.0 Å². The number of aliphatic hydroxyl groups is 5. The van der Waals surface area contributed by atoms with Gasteiger partial charge in [0.2, 0.25) is 0 Å². The van der Waals surface area contributed by atoms with Crippen LogP contribution in [0.25, 0.3) is 0 Å². The number of aliphatic carboxylic acids is 1. The summed E-state index contributed by atoms with van der Waals surface area (Å²) in [6.07, 6.45) is -7.84. The number of hydrogen-bond acceptors (Lipinski definition) is 7. The number of aliphatic hydroxyl groups excluding tert-OH is 5. The number of rotatable bonds is 5. The SMILES string of the molecule is CN(C)C.O=C(O)C(O)C(O)C(O)C(O)CO. The summed E-state index contributed by atoms with van der Waals surface area (Å²) in [5, 5.41) is 51.8. The van der Waals surface area contributed by atoms with Gasteiger partial charge in [-0.25, -0.2) is 4.79 Å². The first-order valence-corrected chi connectivity index (χ1v) is 4.82. The smallest absolute Gasteiger partial charge is 0.335 e. The quantitative estimate of drug-likeness (QED) is 0.300. The summed E-state index contributed by atoms with van der Waals surface area (Å²) >= 11 is 0. The lowest BCUT2D eigenvalue weighted by molar-refractivity contribution is -0.164. The fourth-order valence-electron chi connectivity index (χ4n) is 0.668. The van der Waals surface area contributed by atoms with E-state index in [1.165, 1.54) is 0 Å². The molecule has 104 valence electrons. The molecule has 0 aliphatic carbocycles. The molecule has 0 saturated heterocycles. The van der Waals surface area contributed by atoms with E-state index in [4.69, 9.17) is 30.6 Å². The second-order valence-electron chi connectivity index (χ2n) is 3.86. The predicted molar refractivity (Wildman–Crippen MR) is 58.4 cm³/mol. The van der Waals surface area contributed by atoms with Gasteiger partial charge in [0, 0.05) is 0 Å². The standard InChI is InChI=1S/C6H12O7.C3H9N/c7-1-2(8)3(9)4(10)5(11)6(12)13;1-4(2)3/h2-5,7-11H,1H2,(H,12,13);1-3H3. The maximum Gasteiger partial charge on any atom is 0.335 e. The summed E-state index contributed by atoms with van der Waals surface area (Å²) in [5.41, 5.74) is 0. The number of carbonyl (C=O) groups is 1. The van der Waals surface area contributed by atoms with Crippen LogP contribution in [0.1, 0.15) is 0 Å². The average molecular weight is 255 g/mol. The Hall–Kier alpha value is -0.770. The van der Waals surface area contributed by atoms with Gasteiger partial charge in [-0.3, -0.25) is 0 Å². The van der Waals surface area contributed by atoms with Gasteiger partial charge in [0.1, 0.15) is 18.3 Å². The Bertz CT molecular complexity index is 209. The van der Waals surface area contributed by atoms with Gasteiger partial charge in [-0.15, -0.1) is 0 Å². The first-order valence-electron chi connectivity index (χ1n) is 4.82. The first-order chi connectivity index (χ1) is 7.64. The van der Waals surface area contributed by atoms with Crippen molar-refractivity contribution < 1.29 is 35.4 Å². The molecular formula is C9H21NO7. The minimum absolute atomic E-state index is 0.843. The Morgan fingerprint density at radius 2 is 1.41 bits per heavy atom. The molecule has 17 heavy (non-hydrogen) atoms. The molecule has 4 atom stereocenters. The highest BCUT2D eigenvalue weighted by atomic mass is 16.4. The van der Waals surface area contributed by atoms with Crippen LogP contribution in [0.4, 0.5) is 0 Å². The molecule has 0 radical (unpaired) electrons. The van der Waals surface area contributed by atoms with Crippen LogP contribution in [0.2, 0.25) is 0 Å². The fourth-order valence-corrected chi connectivity index (χ4v) is 0.668. The van der Waals surface area contributed by atoms with Gasteiger partial charge >= 0.3 is 5.97 Å². The minimum Gasteiger partial charge on any atom is -0.479 e. The van der Waals surface area contributed by atoms with Crippen molar-refractivity contribution in [1.82, 2.24) is 4.90 Å². The zero-order valence-corrected chi connectivity index (χ0v) is 10.1. The van der Waals surface area contributed by atoms with Crippen LogP contribution >= 0.6 is 0 Å². The first kappa shape index (κ1) is 18.6. The molecule has 8 heteroatoms. The monoisotopic (exact) mass is 255 g/mol. The van der Waals surface area contributed by atoms with Gasteiger partial charge in [-0.2, -0.15) is 0 Å². The number of nitrogens with zero attached hydrogens (tertiary/aromatic N) is 1. The van der Waals surface area contributed by atoms with E-state index in [2.05, 4.69) is 0 Å². The van der Waals surface area contributed by atoms with E-state index in [0.29, 0.717) is 0 Å². The van der Waals surface area contributed by atoms with Crippen LogP contribution in [-0.4, -0.2) is 93.7 Å². The Balaban J connectivity index is 0. The number of carboxylic acid groups (broad SMARTS) is 1. The van der Waals surface area contributed by atoms with Gasteiger partial charge in [-0.05, 0) is 21.1 Å². The Morgan fingerprint density at radius 1 is 1.06 bits per heavy atom. The van der Waals surface area contributed by atoms with Crippen LogP contribution < -0.4 is 0 Å². The highest BCUT2D eigenvalue weighted by Crippen LogP contribution is 2.04. The Morgan fingerprint density at radius 3 is 1.65 bits per heavy atom. The lowest BCUT2D eigenvalue weighted by Gasteiger charge is -2.23. The normalized spacial score (nSPS) is 17.7. The molecule has 0 aliphatic heterocycles. The molecule has 0 saturated carbocycles. The van der Waals surface area contributed by atoms with Crippen molar-refractivity contribution in [3.8, 4) is 0 Å². The van der Waals surface area contributed by atoms with E-state index >= 15 is 0 Å². The van der Waals surface area contributed by atoms with Crippen LogP contribution in [0.15, 0.2) is 0 Å². The zero-order valence-electron chi connectivity index (χ0n) is 10.1. The van der Waals surface area contributed by atoms with E-state index in [9.17, 15) is 4.79 Å². The summed E-state index contributed by atoms with van der Waals surface area (Å²) in [4.78, 5) is 12.1. The van der Waals surface area contributed by atoms with E-state index in [1.807, 2.05) is 26.0 Å². The van der Waals surface area contributed by atoms with Gasteiger partial charge in [0.15, 0.2) is 6.10 Å². The van der Waals surface area contributed by atoms with Gasteiger partial charge in [-0.1, -0.05) is 0 Å². The summed E-state index contributed by atoms with van der Waals surface area (Å²) in [7, 11) is 6.00. The second-order valence-corrected chi connectivity index (χ2v) is 3.86.